The first-order valence-electron chi connectivity index (χ1n) is 26.7. The van der Waals surface area contributed by atoms with Gasteiger partial charge in [-0.25, -0.2) is 0 Å². The number of aliphatic hydroxyl groups is 12. The van der Waals surface area contributed by atoms with Crippen molar-refractivity contribution in [2.75, 3.05) is 33.0 Å². The molecule has 10 aliphatic rings. The molecule has 10 fully saturated rings. The van der Waals surface area contributed by atoms with Crippen LogP contribution in [0.25, 0.3) is 0 Å². The molecule has 418 valence electrons. The molecule has 0 unspecified atom stereocenters. The number of carbonyl (C=O) groups is 1. The summed E-state index contributed by atoms with van der Waals surface area (Å²) in [6.07, 6.45) is -26.3. The van der Waals surface area contributed by atoms with Crippen molar-refractivity contribution in [1.82, 2.24) is 0 Å². The van der Waals surface area contributed by atoms with Gasteiger partial charge in [-0.3, -0.25) is 4.79 Å². The van der Waals surface area contributed by atoms with Crippen molar-refractivity contribution < 1.29 is 113 Å². The Morgan fingerprint density at radius 3 is 1.92 bits per heavy atom. The maximum absolute atomic E-state index is 14.8. The first-order chi connectivity index (χ1) is 34.7. The minimum atomic E-state index is -2.02. The zero-order chi connectivity index (χ0) is 52.2. The van der Waals surface area contributed by atoms with Gasteiger partial charge in [-0.05, 0) is 80.0 Å². The van der Waals surface area contributed by atoms with E-state index in [0.29, 0.717) is 49.9 Å². The lowest BCUT2D eigenvalue weighted by molar-refractivity contribution is -0.397. The predicted octanol–water partition coefficient (Wildman–Crippen LogP) is -3.09. The number of Topliss-reactive ketones (excluding diaryl/α,β-unsaturated/α-hetero) is 1. The van der Waals surface area contributed by atoms with Crippen molar-refractivity contribution in [3.8, 4) is 0 Å². The number of rotatable bonds is 11. The standard InChI is InChI=1S/C50H80O23/c1-19-7-10-50(65-17-19)20(2)32-27(73-50)12-25-23-6-5-21-11-22(8-9-48(21,3)24(23)13-31(55)49(25,32)4)66-47-43(39(62)41(30(16-53)69-47)70-44-37(60)33(56)26(54)18-64-44)72-46-40(63)42(35(58)29(15-52)68-46)71-45-38(61)36(59)34(57)28(14-51)67-45/h19-30,32-47,51-54,56-63H,5-18H2,1-4H3/t19-,20+,21-,22-,23+,24+,25-,26+,27+,28+,29+,30+,32+,33-,34+,35+,36-,37+,38+,39-,40+,41+,42-,43+,44-,45-,46-,47+,48+,49-,50+/m1/s1. The highest BCUT2D eigenvalue weighted by Crippen LogP contribution is 2.70. The van der Waals surface area contributed by atoms with E-state index >= 15 is 0 Å². The van der Waals surface area contributed by atoms with E-state index in [4.69, 9.17) is 47.4 Å². The second kappa shape index (κ2) is 21.1. The second-order valence-corrected chi connectivity index (χ2v) is 23.7. The average molecular weight is 1050 g/mol. The van der Waals surface area contributed by atoms with E-state index in [-0.39, 0.29) is 41.1 Å². The lowest BCUT2D eigenvalue weighted by Gasteiger charge is -2.61. The third-order valence-electron chi connectivity index (χ3n) is 19.9. The quantitative estimate of drug-likeness (QED) is 0.0913. The zero-order valence-electron chi connectivity index (χ0n) is 41.9. The summed E-state index contributed by atoms with van der Waals surface area (Å²) in [4.78, 5) is 14.8. The number of aliphatic hydroxyl groups excluding tert-OH is 12. The van der Waals surface area contributed by atoms with E-state index in [1.54, 1.807) is 0 Å². The highest BCUT2D eigenvalue weighted by atomic mass is 16.8. The van der Waals surface area contributed by atoms with E-state index in [0.717, 1.165) is 32.1 Å². The molecule has 23 heteroatoms. The Kier molecular flexibility index (Phi) is 15.9. The van der Waals surface area contributed by atoms with Crippen LogP contribution in [-0.4, -0.2) is 235 Å². The molecule has 0 radical (unpaired) electrons. The van der Waals surface area contributed by atoms with Crippen molar-refractivity contribution in [3.05, 3.63) is 0 Å². The van der Waals surface area contributed by atoms with Crippen LogP contribution in [0.1, 0.15) is 85.5 Å². The van der Waals surface area contributed by atoms with Gasteiger partial charge in [0.25, 0.3) is 0 Å². The fourth-order valence-corrected chi connectivity index (χ4v) is 15.6. The van der Waals surface area contributed by atoms with Crippen LogP contribution >= 0.6 is 0 Å². The van der Waals surface area contributed by atoms with Crippen LogP contribution < -0.4 is 0 Å². The van der Waals surface area contributed by atoms with Gasteiger partial charge in [-0.1, -0.05) is 27.7 Å². The molecule has 6 heterocycles. The SMILES string of the molecule is C[C@@H]1CC[C@]2(OC1)O[C@H]1C[C@@H]3[C@H]4CC[C@@H]5C[C@H](O[C@H]6O[C@@H](CO)[C@H](O[C@H]7OC[C@H](O)[C@@H](O)[C@@H]7O)[C@@H](O)[C@@H]6O[C@H]6O[C@@H](CO)[C@H](O)[C@@H](O[C@H]7O[C@@H](CO)[C@H](O)[C@@H](O)[C@@H]7O)[C@@H]6O)CC[C@]5(C)[C@H]4CC(=O)[C@]3(C)[C@H]1[C@@H]2C. The number of ketones is 1. The Hall–Kier alpha value is -1.21. The molecule has 6 aliphatic heterocycles. The first-order valence-corrected chi connectivity index (χ1v) is 26.7. The van der Waals surface area contributed by atoms with Crippen LogP contribution in [-0.2, 0) is 52.2 Å². The molecule has 1 spiro atoms. The van der Waals surface area contributed by atoms with E-state index in [1.165, 1.54) is 0 Å². The minimum Gasteiger partial charge on any atom is -0.394 e. The number of ether oxygens (including phenoxy) is 10. The Balaban J connectivity index is 0.869. The third-order valence-corrected chi connectivity index (χ3v) is 19.9. The number of fused-ring (bicyclic) bond motifs is 7. The monoisotopic (exact) mass is 1050 g/mol. The smallest absolute Gasteiger partial charge is 0.187 e. The molecule has 0 aromatic rings. The van der Waals surface area contributed by atoms with Crippen molar-refractivity contribution in [1.29, 1.82) is 0 Å². The Morgan fingerprint density at radius 1 is 0.589 bits per heavy atom. The molecule has 4 aliphatic carbocycles. The van der Waals surface area contributed by atoms with Gasteiger partial charge in [0.15, 0.2) is 30.9 Å². The van der Waals surface area contributed by atoms with Gasteiger partial charge < -0.3 is 109 Å². The maximum atomic E-state index is 14.8. The van der Waals surface area contributed by atoms with E-state index in [1.807, 2.05) is 0 Å². The van der Waals surface area contributed by atoms with Crippen molar-refractivity contribution >= 4 is 5.78 Å². The molecule has 23 nitrogen and oxygen atoms in total. The van der Waals surface area contributed by atoms with Crippen LogP contribution in [0.3, 0.4) is 0 Å². The highest BCUT2D eigenvalue weighted by molar-refractivity contribution is 5.87. The summed E-state index contributed by atoms with van der Waals surface area (Å²) in [5, 5.41) is 129. The van der Waals surface area contributed by atoms with Crippen molar-refractivity contribution in [2.24, 2.45) is 52.3 Å². The Bertz CT molecular complexity index is 1910. The first kappa shape index (κ1) is 55.1. The normalized spacial score (nSPS) is 57.2. The summed E-state index contributed by atoms with van der Waals surface area (Å²) in [7, 11) is 0. The summed E-state index contributed by atoms with van der Waals surface area (Å²) in [6, 6.07) is 0. The van der Waals surface area contributed by atoms with E-state index in [2.05, 4.69) is 27.7 Å². The molecule has 0 aromatic heterocycles. The van der Waals surface area contributed by atoms with E-state index < -0.39 is 160 Å². The molecule has 4 saturated carbocycles. The van der Waals surface area contributed by atoms with Crippen LogP contribution in [0.4, 0.5) is 0 Å². The topological polar surface area (TPSA) is 352 Å². The molecular weight excluding hydrogens is 969 g/mol. The van der Waals surface area contributed by atoms with Gasteiger partial charge in [-0.2, -0.15) is 0 Å². The van der Waals surface area contributed by atoms with Crippen LogP contribution in [0.15, 0.2) is 0 Å². The summed E-state index contributed by atoms with van der Waals surface area (Å²) in [5.41, 5.74) is -0.721. The van der Waals surface area contributed by atoms with Gasteiger partial charge >= 0.3 is 0 Å². The van der Waals surface area contributed by atoms with Gasteiger partial charge in [0.2, 0.25) is 0 Å². The van der Waals surface area contributed by atoms with Crippen molar-refractivity contribution in [3.63, 3.8) is 0 Å². The maximum Gasteiger partial charge on any atom is 0.187 e. The molecule has 31 atom stereocenters. The van der Waals surface area contributed by atoms with Crippen LogP contribution in [0.2, 0.25) is 0 Å². The molecule has 73 heavy (non-hydrogen) atoms. The largest absolute Gasteiger partial charge is 0.394 e. The van der Waals surface area contributed by atoms with Gasteiger partial charge in [0.05, 0.1) is 45.2 Å². The molecule has 0 amide bonds. The minimum absolute atomic E-state index is 0.0372. The second-order valence-electron chi connectivity index (χ2n) is 23.7. The fourth-order valence-electron chi connectivity index (χ4n) is 15.6. The number of hydrogen-bond donors (Lipinski definition) is 12. The fraction of sp³-hybridized carbons (Fsp3) is 0.980. The van der Waals surface area contributed by atoms with Crippen molar-refractivity contribution in [2.45, 2.75) is 220 Å². The lowest BCUT2D eigenvalue weighted by Crippen LogP contribution is -2.67. The van der Waals surface area contributed by atoms with Gasteiger partial charge in [-0.15, -0.1) is 0 Å². The lowest BCUT2D eigenvalue weighted by atomic mass is 9.44. The number of hydrogen-bond acceptors (Lipinski definition) is 23. The highest BCUT2D eigenvalue weighted by Gasteiger charge is 2.72. The summed E-state index contributed by atoms with van der Waals surface area (Å²) < 4.78 is 61.3. The van der Waals surface area contributed by atoms with Gasteiger partial charge in [0, 0.05) is 30.1 Å². The molecule has 0 bridgehead atoms. The summed E-state index contributed by atoms with van der Waals surface area (Å²) in [6.45, 7) is 6.69. The average Bonchev–Trinajstić information content (AvgIpc) is 3.82. The molecule has 10 rings (SSSR count). The molecule has 6 saturated heterocycles. The summed E-state index contributed by atoms with van der Waals surface area (Å²) >= 11 is 0. The summed E-state index contributed by atoms with van der Waals surface area (Å²) in [5.74, 6) is 1.10. The van der Waals surface area contributed by atoms with Gasteiger partial charge in [0.1, 0.15) is 97.3 Å². The predicted molar refractivity (Wildman–Crippen MR) is 243 cm³/mol. The molecule has 0 aromatic carbocycles. The van der Waals surface area contributed by atoms with E-state index in [9.17, 15) is 66.1 Å². The Labute approximate surface area is 423 Å². The van der Waals surface area contributed by atoms with Crippen LogP contribution in [0.5, 0.6) is 0 Å². The van der Waals surface area contributed by atoms with Crippen LogP contribution in [0, 0.1) is 52.3 Å². The zero-order valence-corrected chi connectivity index (χ0v) is 41.9. The molecular formula is C50H80O23. The number of carbonyl (C=O) groups excluding carboxylic acids is 1. The Morgan fingerprint density at radius 2 is 1.23 bits per heavy atom. The third kappa shape index (κ3) is 9.30. The molecule has 12 N–H and O–H groups in total.